The van der Waals surface area contributed by atoms with Gasteiger partial charge < -0.3 is 15.2 Å². The first-order valence-electron chi connectivity index (χ1n) is 6.93. The zero-order valence-corrected chi connectivity index (χ0v) is 12.2. The molecule has 0 atom stereocenters. The van der Waals surface area contributed by atoms with Gasteiger partial charge in [0.25, 0.3) is 0 Å². The number of aryl methyl sites for hydroxylation is 2. The van der Waals surface area contributed by atoms with E-state index in [1.54, 1.807) is 6.33 Å². The SMILES string of the molecule is CCCc1nc(NC)cc(NCc2nncn2CC)n1. The highest BCUT2D eigenvalue weighted by Gasteiger charge is 2.06. The minimum absolute atomic E-state index is 0.597. The van der Waals surface area contributed by atoms with Gasteiger partial charge in [0.05, 0.1) is 6.54 Å². The molecule has 108 valence electrons. The molecule has 0 bridgehead atoms. The van der Waals surface area contributed by atoms with Gasteiger partial charge in [0.2, 0.25) is 0 Å². The predicted octanol–water partition coefficient (Wildman–Crippen LogP) is 1.69. The Kier molecular flexibility index (Phi) is 4.86. The lowest BCUT2D eigenvalue weighted by atomic mass is 10.3. The lowest BCUT2D eigenvalue weighted by Crippen LogP contribution is -2.10. The molecule has 2 heterocycles. The summed E-state index contributed by atoms with van der Waals surface area (Å²) in [7, 11) is 1.86. The standard InChI is InChI=1S/C13H21N7/c1-4-6-10-17-11(14-3)7-12(18-10)15-8-13-19-16-9-20(13)5-2/h7,9H,4-6,8H2,1-3H3,(H2,14,15,17,18). The summed E-state index contributed by atoms with van der Waals surface area (Å²) in [4.78, 5) is 8.93. The summed E-state index contributed by atoms with van der Waals surface area (Å²) in [6, 6.07) is 1.89. The number of nitrogens with zero attached hydrogens (tertiary/aromatic N) is 5. The van der Waals surface area contributed by atoms with E-state index in [1.165, 1.54) is 0 Å². The highest BCUT2D eigenvalue weighted by atomic mass is 15.3. The maximum absolute atomic E-state index is 4.51. The number of hydrogen-bond donors (Lipinski definition) is 2. The molecule has 20 heavy (non-hydrogen) atoms. The average Bonchev–Trinajstić information content (AvgIpc) is 2.92. The zero-order chi connectivity index (χ0) is 14.4. The van der Waals surface area contributed by atoms with Crippen LogP contribution in [0.3, 0.4) is 0 Å². The van der Waals surface area contributed by atoms with Gasteiger partial charge in [-0.15, -0.1) is 10.2 Å². The lowest BCUT2D eigenvalue weighted by Gasteiger charge is -2.09. The second-order valence-electron chi connectivity index (χ2n) is 4.44. The number of hydrogen-bond acceptors (Lipinski definition) is 6. The quantitative estimate of drug-likeness (QED) is 0.800. The highest BCUT2D eigenvalue weighted by molar-refractivity contribution is 5.47. The molecule has 7 nitrogen and oxygen atoms in total. The summed E-state index contributed by atoms with van der Waals surface area (Å²) in [6.45, 7) is 5.64. The topological polar surface area (TPSA) is 80.5 Å². The molecule has 2 rings (SSSR count). The molecule has 0 amide bonds. The molecule has 0 aliphatic heterocycles. The number of anilines is 2. The van der Waals surface area contributed by atoms with Crippen molar-refractivity contribution >= 4 is 11.6 Å². The van der Waals surface area contributed by atoms with Gasteiger partial charge in [-0.1, -0.05) is 6.92 Å². The largest absolute Gasteiger partial charge is 0.373 e. The molecule has 0 aliphatic rings. The summed E-state index contributed by atoms with van der Waals surface area (Å²) in [6.07, 6.45) is 3.63. The van der Waals surface area contributed by atoms with Crippen LogP contribution in [0.1, 0.15) is 31.9 Å². The van der Waals surface area contributed by atoms with E-state index >= 15 is 0 Å². The normalized spacial score (nSPS) is 10.6. The van der Waals surface area contributed by atoms with Crippen LogP contribution in [0.5, 0.6) is 0 Å². The van der Waals surface area contributed by atoms with Crippen molar-refractivity contribution in [2.24, 2.45) is 0 Å². The Morgan fingerprint density at radius 2 is 2.00 bits per heavy atom. The van der Waals surface area contributed by atoms with Crippen molar-refractivity contribution in [2.45, 2.75) is 39.8 Å². The van der Waals surface area contributed by atoms with Gasteiger partial charge in [0.1, 0.15) is 23.8 Å². The van der Waals surface area contributed by atoms with Gasteiger partial charge >= 0.3 is 0 Å². The molecule has 7 heteroatoms. The van der Waals surface area contributed by atoms with Crippen LogP contribution in [0.4, 0.5) is 11.6 Å². The third-order valence-corrected chi connectivity index (χ3v) is 2.97. The lowest BCUT2D eigenvalue weighted by molar-refractivity contribution is 0.706. The molecule has 0 radical (unpaired) electrons. The van der Waals surface area contributed by atoms with E-state index in [2.05, 4.69) is 44.6 Å². The second-order valence-corrected chi connectivity index (χ2v) is 4.44. The van der Waals surface area contributed by atoms with Crippen LogP contribution in [0.25, 0.3) is 0 Å². The maximum Gasteiger partial charge on any atom is 0.152 e. The Morgan fingerprint density at radius 3 is 2.70 bits per heavy atom. The fourth-order valence-electron chi connectivity index (χ4n) is 1.90. The molecule has 0 unspecified atom stereocenters. The minimum Gasteiger partial charge on any atom is -0.373 e. The average molecular weight is 275 g/mol. The Labute approximate surface area is 118 Å². The zero-order valence-electron chi connectivity index (χ0n) is 12.2. The fraction of sp³-hybridized carbons (Fsp3) is 0.538. The van der Waals surface area contributed by atoms with Crippen LogP contribution in [-0.2, 0) is 19.5 Å². The van der Waals surface area contributed by atoms with E-state index in [0.29, 0.717) is 6.54 Å². The summed E-state index contributed by atoms with van der Waals surface area (Å²) in [5, 5.41) is 14.3. The number of aromatic nitrogens is 5. The van der Waals surface area contributed by atoms with Crippen LogP contribution in [0.2, 0.25) is 0 Å². The summed E-state index contributed by atoms with van der Waals surface area (Å²) >= 11 is 0. The second kappa shape index (κ2) is 6.83. The van der Waals surface area contributed by atoms with Gasteiger partial charge in [-0.05, 0) is 13.3 Å². The van der Waals surface area contributed by atoms with Gasteiger partial charge in [-0.2, -0.15) is 0 Å². The first-order valence-corrected chi connectivity index (χ1v) is 6.93. The van der Waals surface area contributed by atoms with Crippen LogP contribution >= 0.6 is 0 Å². The molecule has 2 aromatic heterocycles. The molecule has 0 aromatic carbocycles. The van der Waals surface area contributed by atoms with E-state index in [0.717, 1.165) is 42.7 Å². The molecule has 0 aliphatic carbocycles. The van der Waals surface area contributed by atoms with Crippen LogP contribution in [0.15, 0.2) is 12.4 Å². The van der Waals surface area contributed by atoms with Gasteiger partial charge in [-0.25, -0.2) is 9.97 Å². The smallest absolute Gasteiger partial charge is 0.152 e. The minimum atomic E-state index is 0.597. The molecule has 2 N–H and O–H groups in total. The van der Waals surface area contributed by atoms with Crippen molar-refractivity contribution in [3.05, 3.63) is 24.0 Å². The van der Waals surface area contributed by atoms with Crippen molar-refractivity contribution in [1.29, 1.82) is 0 Å². The molecule has 0 saturated heterocycles. The first-order chi connectivity index (χ1) is 9.76. The summed E-state index contributed by atoms with van der Waals surface area (Å²) in [5.41, 5.74) is 0. The van der Waals surface area contributed by atoms with Gasteiger partial charge in [0.15, 0.2) is 5.82 Å². The van der Waals surface area contributed by atoms with Gasteiger partial charge in [0, 0.05) is 26.1 Å². The van der Waals surface area contributed by atoms with Crippen molar-refractivity contribution in [1.82, 2.24) is 24.7 Å². The van der Waals surface area contributed by atoms with Crippen molar-refractivity contribution in [2.75, 3.05) is 17.7 Å². The summed E-state index contributed by atoms with van der Waals surface area (Å²) in [5.74, 6) is 3.37. The molecule has 0 fully saturated rings. The predicted molar refractivity (Wildman–Crippen MR) is 78.6 cm³/mol. The van der Waals surface area contributed by atoms with E-state index < -0.39 is 0 Å². The molecule has 2 aromatic rings. The highest BCUT2D eigenvalue weighted by Crippen LogP contribution is 2.12. The summed E-state index contributed by atoms with van der Waals surface area (Å²) < 4.78 is 2.00. The number of nitrogens with one attached hydrogen (secondary N) is 2. The Hall–Kier alpha value is -2.18. The molecule has 0 spiro atoms. The number of rotatable bonds is 7. The van der Waals surface area contributed by atoms with E-state index in [-0.39, 0.29) is 0 Å². The molecule has 0 saturated carbocycles. The fourth-order valence-corrected chi connectivity index (χ4v) is 1.90. The third kappa shape index (κ3) is 3.43. The van der Waals surface area contributed by atoms with E-state index in [1.807, 2.05) is 17.7 Å². The van der Waals surface area contributed by atoms with Crippen molar-refractivity contribution < 1.29 is 0 Å². The van der Waals surface area contributed by atoms with E-state index in [9.17, 15) is 0 Å². The monoisotopic (exact) mass is 275 g/mol. The van der Waals surface area contributed by atoms with Crippen molar-refractivity contribution in [3.8, 4) is 0 Å². The van der Waals surface area contributed by atoms with Crippen LogP contribution in [0, 0.1) is 0 Å². The first kappa shape index (κ1) is 14.2. The van der Waals surface area contributed by atoms with Gasteiger partial charge in [-0.3, -0.25) is 0 Å². The Balaban J connectivity index is 2.10. The van der Waals surface area contributed by atoms with Crippen LogP contribution in [-0.4, -0.2) is 31.8 Å². The molecular formula is C13H21N7. The Bertz CT molecular complexity index is 549. The Morgan fingerprint density at radius 1 is 1.20 bits per heavy atom. The van der Waals surface area contributed by atoms with E-state index in [4.69, 9.17) is 0 Å². The van der Waals surface area contributed by atoms with Crippen LogP contribution < -0.4 is 10.6 Å². The maximum atomic E-state index is 4.51. The molecular weight excluding hydrogens is 254 g/mol. The third-order valence-electron chi connectivity index (χ3n) is 2.97. The van der Waals surface area contributed by atoms with Crippen molar-refractivity contribution in [3.63, 3.8) is 0 Å².